The fourth-order valence-corrected chi connectivity index (χ4v) is 6.07. The second kappa shape index (κ2) is 16.9. The number of rotatable bonds is 17. The van der Waals surface area contributed by atoms with Crippen molar-refractivity contribution in [2.75, 3.05) is 6.61 Å². The number of carbonyl (C=O) groups is 1. The first kappa shape index (κ1) is 31.5. The predicted octanol–water partition coefficient (Wildman–Crippen LogP) is 9.94. The highest BCUT2D eigenvalue weighted by Crippen LogP contribution is 2.47. The van der Waals surface area contributed by atoms with Gasteiger partial charge in [-0.2, -0.15) is 5.26 Å². The number of hydrogen-bond acceptors (Lipinski definition) is 4. The maximum absolute atomic E-state index is 11.1. The van der Waals surface area contributed by atoms with Crippen LogP contribution >= 0.6 is 0 Å². The second-order valence-electron chi connectivity index (χ2n) is 11.5. The van der Waals surface area contributed by atoms with Crippen molar-refractivity contribution >= 4 is 5.97 Å². The minimum atomic E-state index is -0.341. The van der Waals surface area contributed by atoms with Crippen molar-refractivity contribution in [3.8, 4) is 22.9 Å². The minimum Gasteiger partial charge on any atom is -0.490 e. The molecule has 2 aromatic carbocycles. The number of nitriles is 1. The first-order valence-corrected chi connectivity index (χ1v) is 15.6. The topological polar surface area (TPSA) is 59.3 Å². The van der Waals surface area contributed by atoms with Crippen LogP contribution in [0.2, 0.25) is 0 Å². The van der Waals surface area contributed by atoms with Gasteiger partial charge in [0.25, 0.3) is 0 Å². The van der Waals surface area contributed by atoms with Gasteiger partial charge in [0.05, 0.1) is 24.2 Å². The quantitative estimate of drug-likeness (QED) is 0.113. The van der Waals surface area contributed by atoms with Crippen LogP contribution in [0.25, 0.3) is 11.1 Å². The van der Waals surface area contributed by atoms with E-state index in [0.29, 0.717) is 12.5 Å². The van der Waals surface area contributed by atoms with Crippen LogP contribution in [0, 0.1) is 16.7 Å². The Labute approximate surface area is 242 Å². The number of carbonyl (C=O) groups excluding carboxylic acids is 1. The predicted molar refractivity (Wildman–Crippen MR) is 164 cm³/mol. The lowest BCUT2D eigenvalue weighted by atomic mass is 9.66. The van der Waals surface area contributed by atoms with Gasteiger partial charge in [-0.05, 0) is 79.7 Å². The average molecular weight is 544 g/mol. The van der Waals surface area contributed by atoms with Crippen molar-refractivity contribution in [3.05, 3.63) is 66.7 Å². The molecule has 1 aliphatic carbocycles. The summed E-state index contributed by atoms with van der Waals surface area (Å²) in [6.07, 6.45) is 16.6. The summed E-state index contributed by atoms with van der Waals surface area (Å²) in [4.78, 5) is 11.1. The maximum atomic E-state index is 11.1. The zero-order valence-corrected chi connectivity index (χ0v) is 24.8. The van der Waals surface area contributed by atoms with Gasteiger partial charge in [-0.1, -0.05) is 102 Å². The van der Waals surface area contributed by atoms with Crippen LogP contribution in [0.4, 0.5) is 0 Å². The van der Waals surface area contributed by atoms with Crippen LogP contribution in [0.3, 0.4) is 0 Å². The highest BCUT2D eigenvalue weighted by atomic mass is 16.5. The summed E-state index contributed by atoms with van der Waals surface area (Å²) in [6, 6.07) is 20.3. The summed E-state index contributed by atoms with van der Waals surface area (Å²) in [6.45, 7) is 8.27. The molecular weight excluding hydrogens is 494 g/mol. The van der Waals surface area contributed by atoms with E-state index >= 15 is 0 Å². The molecule has 3 atom stereocenters. The van der Waals surface area contributed by atoms with E-state index in [2.05, 4.69) is 75.0 Å². The van der Waals surface area contributed by atoms with Gasteiger partial charge in [-0.3, -0.25) is 0 Å². The van der Waals surface area contributed by atoms with Crippen LogP contribution in [0.1, 0.15) is 115 Å². The third-order valence-electron chi connectivity index (χ3n) is 8.48. The van der Waals surface area contributed by atoms with Crippen LogP contribution in [-0.4, -0.2) is 18.7 Å². The van der Waals surface area contributed by atoms with Gasteiger partial charge in [-0.15, -0.1) is 0 Å². The smallest absolute Gasteiger partial charge is 0.330 e. The van der Waals surface area contributed by atoms with E-state index in [4.69, 9.17) is 9.47 Å². The highest BCUT2D eigenvalue weighted by Gasteiger charge is 2.36. The summed E-state index contributed by atoms with van der Waals surface area (Å²) in [5, 5.41) is 10.2. The maximum Gasteiger partial charge on any atom is 0.330 e. The Bertz CT molecular complexity index is 1070. The lowest BCUT2D eigenvalue weighted by Gasteiger charge is -2.36. The van der Waals surface area contributed by atoms with Crippen LogP contribution in [-0.2, 0) is 9.53 Å². The molecule has 3 unspecified atom stereocenters. The van der Waals surface area contributed by atoms with Crippen molar-refractivity contribution in [3.63, 3.8) is 0 Å². The van der Waals surface area contributed by atoms with Crippen molar-refractivity contribution in [1.82, 2.24) is 0 Å². The lowest BCUT2D eigenvalue weighted by Crippen LogP contribution is -2.26. The van der Waals surface area contributed by atoms with Crippen LogP contribution in [0.15, 0.2) is 61.2 Å². The summed E-state index contributed by atoms with van der Waals surface area (Å²) in [5.74, 6) is 1.07. The second-order valence-corrected chi connectivity index (χ2v) is 11.5. The molecule has 4 heteroatoms. The van der Waals surface area contributed by atoms with Crippen LogP contribution < -0.4 is 4.74 Å². The summed E-state index contributed by atoms with van der Waals surface area (Å²) >= 11 is 0. The Morgan fingerprint density at radius 2 is 1.68 bits per heavy atom. The van der Waals surface area contributed by atoms with E-state index in [9.17, 15) is 10.1 Å². The minimum absolute atomic E-state index is 0.190. The Morgan fingerprint density at radius 3 is 2.30 bits per heavy atom. The van der Waals surface area contributed by atoms with Gasteiger partial charge >= 0.3 is 5.97 Å². The molecule has 2 aromatic rings. The molecule has 216 valence electrons. The van der Waals surface area contributed by atoms with Crippen LogP contribution in [0.5, 0.6) is 5.75 Å². The van der Waals surface area contributed by atoms with Gasteiger partial charge in [-0.25, -0.2) is 4.79 Å². The lowest BCUT2D eigenvalue weighted by molar-refractivity contribution is -0.137. The van der Waals surface area contributed by atoms with Crippen molar-refractivity contribution in [1.29, 1.82) is 5.26 Å². The van der Waals surface area contributed by atoms with Gasteiger partial charge in [0, 0.05) is 6.08 Å². The molecule has 40 heavy (non-hydrogen) atoms. The molecule has 0 spiro atoms. The molecule has 0 radical (unpaired) electrons. The third kappa shape index (κ3) is 9.84. The molecular formula is C36H49NO3. The SMILES string of the molecule is C=CC(=O)OCCCCCCCCC1(C#N)CCCC(c2ccc(-c3ccc(OC(CC)CCC)cc3)cc2)C1. The van der Waals surface area contributed by atoms with Gasteiger partial charge in [0.2, 0.25) is 0 Å². The first-order valence-electron chi connectivity index (χ1n) is 15.6. The summed E-state index contributed by atoms with van der Waals surface area (Å²) in [5.41, 5.74) is 3.60. The van der Waals surface area contributed by atoms with Crippen molar-refractivity contribution < 1.29 is 14.3 Å². The molecule has 0 bridgehead atoms. The van der Waals surface area contributed by atoms with E-state index in [0.717, 1.165) is 82.8 Å². The van der Waals surface area contributed by atoms with Gasteiger partial charge in [0.1, 0.15) is 5.75 Å². The largest absolute Gasteiger partial charge is 0.490 e. The summed E-state index contributed by atoms with van der Waals surface area (Å²) < 4.78 is 11.2. The summed E-state index contributed by atoms with van der Waals surface area (Å²) in [7, 11) is 0. The van der Waals surface area contributed by atoms with E-state index in [1.54, 1.807) is 0 Å². The number of hydrogen-bond donors (Lipinski definition) is 0. The van der Waals surface area contributed by atoms with Gasteiger partial charge in [0.15, 0.2) is 0 Å². The van der Waals surface area contributed by atoms with Gasteiger partial charge < -0.3 is 9.47 Å². The molecule has 1 aliphatic rings. The molecule has 0 amide bonds. The molecule has 4 nitrogen and oxygen atoms in total. The molecule has 0 saturated heterocycles. The fourth-order valence-electron chi connectivity index (χ4n) is 6.07. The third-order valence-corrected chi connectivity index (χ3v) is 8.48. The van der Waals surface area contributed by atoms with E-state index in [-0.39, 0.29) is 17.5 Å². The van der Waals surface area contributed by atoms with E-state index in [1.807, 2.05) is 0 Å². The Balaban J connectivity index is 1.46. The molecule has 0 N–H and O–H groups in total. The van der Waals surface area contributed by atoms with Crippen molar-refractivity contribution in [2.24, 2.45) is 5.41 Å². The number of unbranched alkanes of at least 4 members (excludes halogenated alkanes) is 5. The molecule has 0 heterocycles. The average Bonchev–Trinajstić information content (AvgIpc) is 3.00. The fraction of sp³-hybridized carbons (Fsp3) is 0.556. The number of ether oxygens (including phenoxy) is 2. The zero-order valence-electron chi connectivity index (χ0n) is 24.8. The Hall–Kier alpha value is -3.06. The number of esters is 1. The monoisotopic (exact) mass is 543 g/mol. The van der Waals surface area contributed by atoms with E-state index < -0.39 is 0 Å². The van der Waals surface area contributed by atoms with E-state index in [1.165, 1.54) is 35.6 Å². The Kier molecular flexibility index (Phi) is 13.3. The van der Waals surface area contributed by atoms with Crippen molar-refractivity contribution in [2.45, 2.75) is 116 Å². The number of benzene rings is 2. The number of nitrogens with zero attached hydrogens (tertiary/aromatic N) is 1. The highest BCUT2D eigenvalue weighted by molar-refractivity contribution is 5.81. The Morgan fingerprint density at radius 1 is 1.02 bits per heavy atom. The molecule has 1 saturated carbocycles. The standard InChI is InChI=1S/C36H49NO3/c1-4-14-33(5-2)40-34-22-20-30(21-23-34)29-16-18-31(19-17-29)32-15-13-25-36(27-32,28-37)24-11-9-7-8-10-12-26-39-35(38)6-3/h6,16-23,32-33H,3-5,7-15,24-27H2,1-2H3. The first-order chi connectivity index (χ1) is 19.5. The molecule has 0 aromatic heterocycles. The zero-order chi connectivity index (χ0) is 28.6. The molecule has 0 aliphatic heterocycles. The molecule has 1 fully saturated rings. The molecule has 3 rings (SSSR count). The normalized spacial score (nSPS) is 19.4.